The maximum Gasteiger partial charge on any atom is 0.152 e. The molecule has 1 unspecified atom stereocenters. The Morgan fingerprint density at radius 2 is 1.78 bits per heavy atom. The first-order valence-electron chi connectivity index (χ1n) is 9.29. The number of fused-ring (bicyclic) bond motifs is 1. The van der Waals surface area contributed by atoms with E-state index < -0.39 is 0 Å². The van der Waals surface area contributed by atoms with Crippen molar-refractivity contribution in [2.45, 2.75) is 19.9 Å². The van der Waals surface area contributed by atoms with Gasteiger partial charge >= 0.3 is 0 Å². The van der Waals surface area contributed by atoms with E-state index in [1.54, 1.807) is 0 Å². The zero-order chi connectivity index (χ0) is 19.2. The van der Waals surface area contributed by atoms with Crippen LogP contribution in [0.25, 0.3) is 23.1 Å². The van der Waals surface area contributed by atoms with Gasteiger partial charge in [-0.05, 0) is 42.9 Å². The van der Waals surface area contributed by atoms with E-state index in [0.29, 0.717) is 10.8 Å². The highest BCUT2D eigenvalue weighted by atomic mass is 35.5. The number of halogens is 1. The Morgan fingerprint density at radius 1 is 1.04 bits per heavy atom. The van der Waals surface area contributed by atoms with Crippen molar-refractivity contribution in [1.29, 1.82) is 0 Å². The van der Waals surface area contributed by atoms with Crippen LogP contribution < -0.4 is 5.73 Å². The van der Waals surface area contributed by atoms with Crippen LogP contribution >= 0.6 is 11.6 Å². The van der Waals surface area contributed by atoms with Crippen molar-refractivity contribution in [3.05, 3.63) is 70.6 Å². The molecule has 5 heteroatoms. The molecular formula is C22H25ClN4. The largest absolute Gasteiger partial charge is 0.322 e. The number of aromatic nitrogens is 2. The van der Waals surface area contributed by atoms with Crippen LogP contribution in [0.2, 0.25) is 5.02 Å². The number of nitrogens with two attached hydrogens (primary N) is 1. The monoisotopic (exact) mass is 380 g/mol. The molecule has 0 amide bonds. The minimum absolute atomic E-state index is 0.194. The molecule has 3 rings (SSSR count). The molecule has 0 aliphatic carbocycles. The molecule has 0 aliphatic heterocycles. The maximum atomic E-state index is 6.54. The van der Waals surface area contributed by atoms with Gasteiger partial charge in [-0.15, -0.1) is 0 Å². The molecule has 0 spiro atoms. The van der Waals surface area contributed by atoms with Gasteiger partial charge in [0.2, 0.25) is 0 Å². The fourth-order valence-electron chi connectivity index (χ4n) is 3.08. The van der Waals surface area contributed by atoms with Crippen LogP contribution in [0, 0.1) is 0 Å². The molecule has 0 radical (unpaired) electrons. The summed E-state index contributed by atoms with van der Waals surface area (Å²) in [6.45, 7) is 6.95. The molecule has 3 aromatic rings. The van der Waals surface area contributed by atoms with E-state index in [1.165, 1.54) is 0 Å². The minimum Gasteiger partial charge on any atom is -0.322 e. The Balaban J connectivity index is 2.01. The highest BCUT2D eigenvalue weighted by Crippen LogP contribution is 2.24. The number of hydrogen-bond acceptors (Lipinski definition) is 4. The third kappa shape index (κ3) is 4.92. The lowest BCUT2D eigenvalue weighted by molar-refractivity contribution is 0.283. The molecule has 1 heterocycles. The zero-order valence-electron chi connectivity index (χ0n) is 15.8. The zero-order valence-corrected chi connectivity index (χ0v) is 16.5. The van der Waals surface area contributed by atoms with Crippen molar-refractivity contribution in [1.82, 2.24) is 14.9 Å². The second-order valence-corrected chi connectivity index (χ2v) is 6.90. The van der Waals surface area contributed by atoms with E-state index in [1.807, 2.05) is 60.7 Å². The Bertz CT molecular complexity index is 920. The lowest BCUT2D eigenvalue weighted by atomic mass is 10.1. The molecule has 1 aromatic heterocycles. The summed E-state index contributed by atoms with van der Waals surface area (Å²) in [4.78, 5) is 11.7. The van der Waals surface area contributed by atoms with Crippen molar-refractivity contribution < 1.29 is 0 Å². The van der Waals surface area contributed by atoms with Crippen molar-refractivity contribution in [3.63, 3.8) is 0 Å². The molecule has 140 valence electrons. The first-order valence-corrected chi connectivity index (χ1v) is 9.66. The van der Waals surface area contributed by atoms with E-state index in [4.69, 9.17) is 22.3 Å². The van der Waals surface area contributed by atoms with E-state index in [9.17, 15) is 0 Å². The van der Waals surface area contributed by atoms with Gasteiger partial charge in [0, 0.05) is 17.0 Å². The summed E-state index contributed by atoms with van der Waals surface area (Å²) in [5.74, 6) is 0.638. The summed E-state index contributed by atoms with van der Waals surface area (Å²) in [7, 11) is 0. The lowest BCUT2D eigenvalue weighted by Gasteiger charge is -2.23. The number of nitrogens with zero attached hydrogens (tertiary/aromatic N) is 3. The fourth-order valence-corrected chi connectivity index (χ4v) is 3.25. The first-order chi connectivity index (χ1) is 13.1. The number of likely N-dealkylation sites (N-methyl/N-ethyl adjacent to an activating group) is 1. The average Bonchev–Trinajstić information content (AvgIpc) is 2.70. The standard InChI is InChI=1S/C22H25ClN4/c1-3-27(4-2)15-19(24)22-18-12-11-17(23)14-20(18)25-21(26-22)13-10-16-8-6-5-7-9-16/h5-14,19H,3-4,15,24H2,1-2H3. The van der Waals surface area contributed by atoms with Crippen LogP contribution in [0.15, 0.2) is 48.5 Å². The van der Waals surface area contributed by atoms with Crippen molar-refractivity contribution in [2.24, 2.45) is 5.73 Å². The summed E-state index contributed by atoms with van der Waals surface area (Å²) in [6.07, 6.45) is 3.93. The molecule has 0 saturated heterocycles. The normalized spacial score (nSPS) is 12.9. The minimum atomic E-state index is -0.194. The van der Waals surface area contributed by atoms with Crippen molar-refractivity contribution in [2.75, 3.05) is 19.6 Å². The van der Waals surface area contributed by atoms with E-state index in [-0.39, 0.29) is 6.04 Å². The Hall–Kier alpha value is -2.27. The second kappa shape index (κ2) is 9.09. The van der Waals surface area contributed by atoms with Gasteiger partial charge in [0.05, 0.1) is 17.3 Å². The fraction of sp³-hybridized carbons (Fsp3) is 0.273. The predicted octanol–water partition coefficient (Wildman–Crippen LogP) is 4.80. The molecule has 4 nitrogen and oxygen atoms in total. The van der Waals surface area contributed by atoms with Gasteiger partial charge in [0.1, 0.15) is 0 Å². The topological polar surface area (TPSA) is 55.0 Å². The third-order valence-electron chi connectivity index (χ3n) is 4.63. The molecular weight excluding hydrogens is 356 g/mol. The number of rotatable bonds is 7. The molecule has 0 aliphatic rings. The van der Waals surface area contributed by atoms with E-state index >= 15 is 0 Å². The van der Waals surface area contributed by atoms with Gasteiger partial charge in [0.15, 0.2) is 5.82 Å². The van der Waals surface area contributed by atoms with E-state index in [2.05, 4.69) is 23.7 Å². The smallest absolute Gasteiger partial charge is 0.152 e. The number of hydrogen-bond donors (Lipinski definition) is 1. The number of benzene rings is 2. The van der Waals surface area contributed by atoms with Crippen LogP contribution in [-0.2, 0) is 0 Å². The van der Waals surface area contributed by atoms with Crippen LogP contribution in [0.3, 0.4) is 0 Å². The lowest BCUT2D eigenvalue weighted by Crippen LogP contribution is -2.32. The molecule has 0 bridgehead atoms. The second-order valence-electron chi connectivity index (χ2n) is 6.46. The SMILES string of the molecule is CCN(CC)CC(N)c1nc(C=Cc2ccccc2)nc2cc(Cl)ccc12. The van der Waals surface area contributed by atoms with Gasteiger partial charge in [-0.1, -0.05) is 61.9 Å². The summed E-state index contributed by atoms with van der Waals surface area (Å²) >= 11 is 6.19. The van der Waals surface area contributed by atoms with Crippen molar-refractivity contribution >= 4 is 34.7 Å². The highest BCUT2D eigenvalue weighted by Gasteiger charge is 2.16. The summed E-state index contributed by atoms with van der Waals surface area (Å²) < 4.78 is 0. The van der Waals surface area contributed by atoms with Crippen LogP contribution in [0.4, 0.5) is 0 Å². The first kappa shape index (κ1) is 19.5. The molecule has 27 heavy (non-hydrogen) atoms. The Labute approximate surface area is 165 Å². The Kier molecular flexibility index (Phi) is 6.56. The predicted molar refractivity (Wildman–Crippen MR) is 115 cm³/mol. The summed E-state index contributed by atoms with van der Waals surface area (Å²) in [5.41, 5.74) is 9.31. The van der Waals surface area contributed by atoms with Gasteiger partial charge in [0.25, 0.3) is 0 Å². The van der Waals surface area contributed by atoms with E-state index in [0.717, 1.165) is 41.8 Å². The van der Waals surface area contributed by atoms with Gasteiger partial charge < -0.3 is 10.6 Å². The molecule has 0 saturated carbocycles. The van der Waals surface area contributed by atoms with Gasteiger partial charge in [-0.25, -0.2) is 9.97 Å². The highest BCUT2D eigenvalue weighted by molar-refractivity contribution is 6.31. The summed E-state index contributed by atoms with van der Waals surface area (Å²) in [5, 5.41) is 1.61. The van der Waals surface area contributed by atoms with Crippen LogP contribution in [-0.4, -0.2) is 34.5 Å². The molecule has 2 N–H and O–H groups in total. The quantitative estimate of drug-likeness (QED) is 0.639. The van der Waals surface area contributed by atoms with Gasteiger partial charge in [-0.2, -0.15) is 0 Å². The molecule has 0 fully saturated rings. The maximum absolute atomic E-state index is 6.54. The summed E-state index contributed by atoms with van der Waals surface area (Å²) in [6, 6.07) is 15.6. The third-order valence-corrected chi connectivity index (χ3v) is 4.87. The van der Waals surface area contributed by atoms with Crippen LogP contribution in [0.1, 0.15) is 37.0 Å². The van der Waals surface area contributed by atoms with Gasteiger partial charge in [-0.3, -0.25) is 0 Å². The molecule has 2 aromatic carbocycles. The van der Waals surface area contributed by atoms with Crippen LogP contribution in [0.5, 0.6) is 0 Å². The Morgan fingerprint density at radius 3 is 2.48 bits per heavy atom. The molecule has 1 atom stereocenters. The van der Waals surface area contributed by atoms with Crippen molar-refractivity contribution in [3.8, 4) is 0 Å². The average molecular weight is 381 g/mol.